The van der Waals surface area contributed by atoms with Crippen LogP contribution in [0.25, 0.3) is 0 Å². The van der Waals surface area contributed by atoms with Gasteiger partial charge in [-0.1, -0.05) is 0 Å². The molecule has 0 fully saturated rings. The Bertz CT molecular complexity index is 336. The van der Waals surface area contributed by atoms with E-state index in [9.17, 15) is 14.4 Å². The topological polar surface area (TPSA) is 122 Å². The molecule has 0 spiro atoms. The van der Waals surface area contributed by atoms with E-state index in [0.717, 1.165) is 0 Å². The molecule has 0 aromatic rings. The number of urea groups is 1. The number of hydrogen-bond acceptors (Lipinski definition) is 4. The molecule has 0 aliphatic carbocycles. The Labute approximate surface area is 99.7 Å². The van der Waals surface area contributed by atoms with Crippen molar-refractivity contribution in [3.05, 3.63) is 0 Å². The summed E-state index contributed by atoms with van der Waals surface area (Å²) in [5.41, 5.74) is 2.88. The molecule has 5 N–H and O–H groups in total. The zero-order valence-corrected chi connectivity index (χ0v) is 10.5. The van der Waals surface area contributed by atoms with Crippen LogP contribution in [-0.2, 0) is 9.59 Å². The number of aliphatic carboxylic acids is 1. The van der Waals surface area contributed by atoms with E-state index in [1.807, 2.05) is 5.32 Å². The van der Waals surface area contributed by atoms with Gasteiger partial charge in [-0.15, -0.1) is 0 Å². The molecule has 0 atom stereocenters. The van der Waals surface area contributed by atoms with Gasteiger partial charge in [-0.2, -0.15) is 0 Å². The summed E-state index contributed by atoms with van der Waals surface area (Å²) in [4.78, 5) is 32.7. The number of nitrogens with two attached hydrogens (primary N) is 1. The molecule has 7 nitrogen and oxygen atoms in total. The lowest BCUT2D eigenvalue weighted by Gasteiger charge is -2.38. The minimum atomic E-state index is -1.07. The highest BCUT2D eigenvalue weighted by molar-refractivity contribution is 5.94. The van der Waals surface area contributed by atoms with Crippen molar-refractivity contribution in [2.45, 2.75) is 33.2 Å². The molecule has 0 aromatic heterocycles. The van der Waals surface area contributed by atoms with Crippen LogP contribution in [0.1, 0.15) is 27.7 Å². The lowest BCUT2D eigenvalue weighted by Crippen LogP contribution is -2.57. The molecule has 0 saturated heterocycles. The van der Waals surface area contributed by atoms with E-state index in [1.165, 1.54) is 0 Å². The normalized spacial score (nSPS) is 12.0. The number of rotatable bonds is 5. The molecule has 0 unspecified atom stereocenters. The molecule has 3 amide bonds. The highest BCUT2D eigenvalue weighted by atomic mass is 16.4. The Balaban J connectivity index is 4.52. The maximum Gasteiger partial charge on any atom is 0.318 e. The maximum atomic E-state index is 11.2. The van der Waals surface area contributed by atoms with Gasteiger partial charge in [-0.3, -0.25) is 14.9 Å². The number of nitrogens with one attached hydrogen (secondary N) is 2. The van der Waals surface area contributed by atoms with Gasteiger partial charge in [0.2, 0.25) is 5.91 Å². The molecule has 0 heterocycles. The molecule has 0 aliphatic rings. The lowest BCUT2D eigenvalue weighted by atomic mass is 9.74. The minimum Gasteiger partial charge on any atom is -0.481 e. The zero-order chi connectivity index (χ0) is 13.9. The Morgan fingerprint density at radius 1 is 1.18 bits per heavy atom. The number of carboxylic acids is 1. The monoisotopic (exact) mass is 245 g/mol. The van der Waals surface area contributed by atoms with Crippen molar-refractivity contribution in [2.75, 3.05) is 6.54 Å². The van der Waals surface area contributed by atoms with Crippen LogP contribution in [0.15, 0.2) is 0 Å². The van der Waals surface area contributed by atoms with Gasteiger partial charge in [-0.05, 0) is 27.7 Å². The molecule has 0 bridgehead atoms. The second-order valence-corrected chi connectivity index (χ2v) is 4.82. The SMILES string of the molecule is CC(C)(NCC(=O)NC(N)=O)C(C)(C)C(=O)O. The van der Waals surface area contributed by atoms with Gasteiger partial charge in [0.1, 0.15) is 0 Å². The zero-order valence-electron chi connectivity index (χ0n) is 10.5. The Kier molecular flexibility index (Phi) is 4.64. The minimum absolute atomic E-state index is 0.188. The highest BCUT2D eigenvalue weighted by Gasteiger charge is 2.43. The van der Waals surface area contributed by atoms with E-state index in [2.05, 4.69) is 5.32 Å². The lowest BCUT2D eigenvalue weighted by molar-refractivity contribution is -0.151. The van der Waals surface area contributed by atoms with Crippen molar-refractivity contribution in [1.29, 1.82) is 0 Å². The smallest absolute Gasteiger partial charge is 0.318 e. The first-order valence-electron chi connectivity index (χ1n) is 5.08. The van der Waals surface area contributed by atoms with Crippen LogP contribution in [-0.4, -0.2) is 35.1 Å². The third-order valence-corrected chi connectivity index (χ3v) is 3.05. The summed E-state index contributed by atoms with van der Waals surface area (Å²) in [5.74, 6) is -1.59. The third kappa shape index (κ3) is 4.03. The molecule has 0 rings (SSSR count). The fourth-order valence-electron chi connectivity index (χ4n) is 0.971. The summed E-state index contributed by atoms with van der Waals surface area (Å²) in [6.45, 7) is 6.24. The van der Waals surface area contributed by atoms with Crippen LogP contribution >= 0.6 is 0 Å². The van der Waals surface area contributed by atoms with Crippen LogP contribution in [0.2, 0.25) is 0 Å². The molecule has 7 heteroatoms. The highest BCUT2D eigenvalue weighted by Crippen LogP contribution is 2.30. The summed E-state index contributed by atoms with van der Waals surface area (Å²) in [6.07, 6.45) is 0. The van der Waals surface area contributed by atoms with Gasteiger partial charge >= 0.3 is 12.0 Å². The fraction of sp³-hybridized carbons (Fsp3) is 0.700. The standard InChI is InChI=1S/C10H19N3O4/c1-9(2,7(15)16)10(3,4)12-5-6(14)13-8(11)17/h12H,5H2,1-4H3,(H,15,16)(H3,11,13,14,17). The average Bonchev–Trinajstić information content (AvgIpc) is 2.13. The van der Waals surface area contributed by atoms with E-state index in [-0.39, 0.29) is 6.54 Å². The van der Waals surface area contributed by atoms with Gasteiger partial charge in [0.25, 0.3) is 0 Å². The molecule has 0 aliphatic heterocycles. The number of hydrogen-bond donors (Lipinski definition) is 4. The summed E-state index contributed by atoms with van der Waals surface area (Å²) < 4.78 is 0. The number of carbonyl (C=O) groups is 3. The summed E-state index contributed by atoms with van der Waals surface area (Å²) in [6, 6.07) is -0.938. The Hall–Kier alpha value is -1.63. The van der Waals surface area contributed by atoms with Crippen molar-refractivity contribution in [1.82, 2.24) is 10.6 Å². The van der Waals surface area contributed by atoms with Crippen molar-refractivity contribution >= 4 is 17.9 Å². The summed E-state index contributed by atoms with van der Waals surface area (Å²) in [7, 11) is 0. The first-order valence-corrected chi connectivity index (χ1v) is 5.08. The van der Waals surface area contributed by atoms with Crippen LogP contribution < -0.4 is 16.4 Å². The van der Waals surface area contributed by atoms with E-state index >= 15 is 0 Å². The van der Waals surface area contributed by atoms with Gasteiger partial charge in [0.15, 0.2) is 0 Å². The number of primary amides is 1. The second kappa shape index (κ2) is 5.13. The van der Waals surface area contributed by atoms with Crippen molar-refractivity contribution in [3.63, 3.8) is 0 Å². The summed E-state index contributed by atoms with van der Waals surface area (Å²) in [5, 5.41) is 13.7. The Morgan fingerprint density at radius 2 is 1.65 bits per heavy atom. The molecular formula is C10H19N3O4. The van der Waals surface area contributed by atoms with Crippen LogP contribution in [0.3, 0.4) is 0 Å². The first-order chi connectivity index (χ1) is 7.50. The maximum absolute atomic E-state index is 11.2. The van der Waals surface area contributed by atoms with E-state index < -0.39 is 28.9 Å². The van der Waals surface area contributed by atoms with Gasteiger partial charge in [0, 0.05) is 5.54 Å². The number of carbonyl (C=O) groups excluding carboxylic acids is 2. The van der Waals surface area contributed by atoms with Gasteiger partial charge < -0.3 is 16.2 Å². The van der Waals surface area contributed by atoms with E-state index in [0.29, 0.717) is 0 Å². The van der Waals surface area contributed by atoms with Crippen LogP contribution in [0, 0.1) is 5.41 Å². The van der Waals surface area contributed by atoms with E-state index in [4.69, 9.17) is 10.8 Å². The van der Waals surface area contributed by atoms with E-state index in [1.54, 1.807) is 27.7 Å². The predicted molar refractivity (Wildman–Crippen MR) is 61.2 cm³/mol. The molecular weight excluding hydrogens is 226 g/mol. The molecule has 0 radical (unpaired) electrons. The van der Waals surface area contributed by atoms with Crippen molar-refractivity contribution in [3.8, 4) is 0 Å². The van der Waals surface area contributed by atoms with Gasteiger partial charge in [0.05, 0.1) is 12.0 Å². The van der Waals surface area contributed by atoms with Crippen LogP contribution in [0.4, 0.5) is 4.79 Å². The molecule has 17 heavy (non-hydrogen) atoms. The quantitative estimate of drug-likeness (QED) is 0.528. The Morgan fingerprint density at radius 3 is 2.00 bits per heavy atom. The van der Waals surface area contributed by atoms with Crippen LogP contribution in [0.5, 0.6) is 0 Å². The number of imide groups is 1. The fourth-order valence-corrected chi connectivity index (χ4v) is 0.971. The van der Waals surface area contributed by atoms with Gasteiger partial charge in [-0.25, -0.2) is 4.79 Å². The second-order valence-electron chi connectivity index (χ2n) is 4.82. The molecule has 0 aromatic carbocycles. The average molecular weight is 245 g/mol. The first kappa shape index (κ1) is 15.4. The molecule has 0 saturated carbocycles. The molecule has 98 valence electrons. The summed E-state index contributed by atoms with van der Waals surface area (Å²) >= 11 is 0. The number of amides is 3. The largest absolute Gasteiger partial charge is 0.481 e. The number of carboxylic acid groups (broad SMARTS) is 1. The van der Waals surface area contributed by atoms with Crippen molar-refractivity contribution < 1.29 is 19.5 Å². The third-order valence-electron chi connectivity index (χ3n) is 3.05. The predicted octanol–water partition coefficient (Wildman–Crippen LogP) is -0.340. The van der Waals surface area contributed by atoms with Crippen molar-refractivity contribution in [2.24, 2.45) is 11.1 Å².